The van der Waals surface area contributed by atoms with E-state index in [4.69, 9.17) is 0 Å². The Bertz CT molecular complexity index is 345. The molecule has 0 radical (unpaired) electrons. The molecule has 0 fully saturated rings. The molecule has 16 heavy (non-hydrogen) atoms. The first kappa shape index (κ1) is 15.5. The van der Waals surface area contributed by atoms with Crippen LogP contribution in [-0.4, -0.2) is 25.2 Å². The van der Waals surface area contributed by atoms with Crippen LogP contribution in [0, 0.1) is 11.8 Å². The Morgan fingerprint density at radius 1 is 1.19 bits per heavy atom. The van der Waals surface area contributed by atoms with Crippen LogP contribution < -0.4 is 0 Å². The molecule has 3 nitrogen and oxygen atoms in total. The van der Waals surface area contributed by atoms with Crippen molar-refractivity contribution in [2.24, 2.45) is 11.8 Å². The second-order valence-electron chi connectivity index (χ2n) is 4.54. The quantitative estimate of drug-likeness (QED) is 0.732. The maximum atomic E-state index is 13.4. The van der Waals surface area contributed by atoms with E-state index in [1.807, 2.05) is 0 Å². The topological polar surface area (TPSA) is 51.2 Å². The third-order valence-electron chi connectivity index (χ3n) is 2.17. The van der Waals surface area contributed by atoms with Crippen LogP contribution in [0.1, 0.15) is 34.1 Å². The van der Waals surface area contributed by atoms with Crippen LogP contribution in [0.4, 0.5) is 8.78 Å². The lowest BCUT2D eigenvalue weighted by Gasteiger charge is -2.18. The summed E-state index contributed by atoms with van der Waals surface area (Å²) < 4.78 is 49.4. The first-order valence-electron chi connectivity index (χ1n) is 5.16. The van der Waals surface area contributed by atoms with E-state index in [2.05, 4.69) is 0 Å². The van der Waals surface area contributed by atoms with Crippen molar-refractivity contribution in [2.75, 3.05) is 5.75 Å². The van der Waals surface area contributed by atoms with Gasteiger partial charge in [-0.2, -0.15) is 8.78 Å². The SMILES string of the molecule is CC(C)CCS(=O)(=O)C(F)(F)C(=O)C(C)C. The summed E-state index contributed by atoms with van der Waals surface area (Å²) in [7, 11) is -4.68. The fraction of sp³-hybridized carbons (Fsp3) is 0.900. The van der Waals surface area contributed by atoms with Gasteiger partial charge in [0.2, 0.25) is 15.6 Å². The van der Waals surface area contributed by atoms with Crippen LogP contribution in [0.15, 0.2) is 0 Å². The van der Waals surface area contributed by atoms with Gasteiger partial charge in [-0.25, -0.2) is 8.42 Å². The second-order valence-corrected chi connectivity index (χ2v) is 6.69. The normalized spacial score (nSPS) is 13.5. The third kappa shape index (κ3) is 3.50. The van der Waals surface area contributed by atoms with Crippen molar-refractivity contribution in [3.05, 3.63) is 0 Å². The highest BCUT2D eigenvalue weighted by Crippen LogP contribution is 2.28. The fourth-order valence-corrected chi connectivity index (χ4v) is 2.59. The van der Waals surface area contributed by atoms with Crippen LogP contribution in [0.5, 0.6) is 0 Å². The third-order valence-corrected chi connectivity index (χ3v) is 3.92. The Morgan fingerprint density at radius 3 is 1.94 bits per heavy atom. The van der Waals surface area contributed by atoms with Crippen molar-refractivity contribution in [3.63, 3.8) is 0 Å². The van der Waals surface area contributed by atoms with Gasteiger partial charge in [0, 0.05) is 5.92 Å². The van der Waals surface area contributed by atoms with Gasteiger partial charge >= 0.3 is 5.25 Å². The van der Waals surface area contributed by atoms with Crippen molar-refractivity contribution < 1.29 is 22.0 Å². The zero-order valence-electron chi connectivity index (χ0n) is 9.96. The number of carbonyl (C=O) groups excluding carboxylic acids is 1. The predicted octanol–water partition coefficient (Wildman–Crippen LogP) is 2.27. The molecule has 0 rings (SSSR count). The summed E-state index contributed by atoms with van der Waals surface area (Å²) in [5.41, 5.74) is 0. The molecular formula is C10H18F2O3S. The highest BCUT2D eigenvalue weighted by atomic mass is 32.2. The average molecular weight is 256 g/mol. The average Bonchev–Trinajstić information content (AvgIpc) is 2.13. The smallest absolute Gasteiger partial charge is 0.291 e. The Balaban J connectivity index is 4.93. The molecule has 96 valence electrons. The minimum absolute atomic E-state index is 0.000253. The Kier molecular flexibility index (Phi) is 5.04. The molecule has 0 aliphatic carbocycles. The van der Waals surface area contributed by atoms with Crippen LogP contribution in [0.25, 0.3) is 0 Å². The molecule has 0 aromatic heterocycles. The van der Waals surface area contributed by atoms with Crippen LogP contribution >= 0.6 is 0 Å². The van der Waals surface area contributed by atoms with Crippen molar-refractivity contribution in [1.82, 2.24) is 0 Å². The van der Waals surface area contributed by atoms with Gasteiger partial charge in [-0.15, -0.1) is 0 Å². The monoisotopic (exact) mass is 256 g/mol. The molecule has 0 aromatic carbocycles. The van der Waals surface area contributed by atoms with E-state index in [1.54, 1.807) is 13.8 Å². The van der Waals surface area contributed by atoms with E-state index in [-0.39, 0.29) is 12.3 Å². The maximum absolute atomic E-state index is 13.4. The minimum atomic E-state index is -4.68. The van der Waals surface area contributed by atoms with Crippen LogP contribution in [0.2, 0.25) is 0 Å². The lowest BCUT2D eigenvalue weighted by Crippen LogP contribution is -2.42. The number of hydrogen-bond acceptors (Lipinski definition) is 3. The summed E-state index contributed by atoms with van der Waals surface area (Å²) in [5, 5.41) is -4.25. The minimum Gasteiger partial charge on any atom is -0.291 e. The van der Waals surface area contributed by atoms with Crippen molar-refractivity contribution in [3.8, 4) is 0 Å². The number of sulfone groups is 1. The summed E-state index contributed by atoms with van der Waals surface area (Å²) in [4.78, 5) is 11.1. The molecule has 0 atom stereocenters. The summed E-state index contributed by atoms with van der Waals surface area (Å²) in [6, 6.07) is 0. The largest absolute Gasteiger partial charge is 0.402 e. The molecule has 0 spiro atoms. The van der Waals surface area contributed by atoms with Gasteiger partial charge < -0.3 is 0 Å². The van der Waals surface area contributed by atoms with Gasteiger partial charge in [0.1, 0.15) is 0 Å². The maximum Gasteiger partial charge on any atom is 0.402 e. The number of Topliss-reactive ketones (excluding diaryl/α,β-unsaturated/α-hetero) is 1. The van der Waals surface area contributed by atoms with Crippen molar-refractivity contribution >= 4 is 15.6 Å². The van der Waals surface area contributed by atoms with E-state index in [1.165, 1.54) is 13.8 Å². The van der Waals surface area contributed by atoms with Gasteiger partial charge in [0.05, 0.1) is 5.75 Å². The number of rotatable bonds is 6. The van der Waals surface area contributed by atoms with Gasteiger partial charge in [0.15, 0.2) is 0 Å². The Hall–Kier alpha value is -0.520. The molecule has 0 unspecified atom stereocenters. The molecule has 6 heteroatoms. The van der Waals surface area contributed by atoms with E-state index in [0.717, 1.165) is 0 Å². The molecule has 0 aromatic rings. The van der Waals surface area contributed by atoms with Crippen molar-refractivity contribution in [2.45, 2.75) is 39.4 Å². The Labute approximate surface area is 95.1 Å². The van der Waals surface area contributed by atoms with E-state index in [9.17, 15) is 22.0 Å². The van der Waals surface area contributed by atoms with E-state index < -0.39 is 32.5 Å². The predicted molar refractivity (Wildman–Crippen MR) is 58.0 cm³/mol. The summed E-state index contributed by atoms with van der Waals surface area (Å²) >= 11 is 0. The van der Waals surface area contributed by atoms with Crippen LogP contribution in [0.3, 0.4) is 0 Å². The lowest BCUT2D eigenvalue weighted by molar-refractivity contribution is -0.136. The number of hydrogen-bond donors (Lipinski definition) is 0. The van der Waals surface area contributed by atoms with Crippen LogP contribution in [-0.2, 0) is 14.6 Å². The van der Waals surface area contributed by atoms with Gasteiger partial charge in [-0.1, -0.05) is 27.7 Å². The Morgan fingerprint density at radius 2 is 1.62 bits per heavy atom. The molecule has 0 heterocycles. The number of ketones is 1. The molecule has 0 saturated heterocycles. The molecule has 0 amide bonds. The van der Waals surface area contributed by atoms with E-state index >= 15 is 0 Å². The van der Waals surface area contributed by atoms with Crippen molar-refractivity contribution in [1.29, 1.82) is 0 Å². The number of carbonyl (C=O) groups is 1. The highest BCUT2D eigenvalue weighted by Gasteiger charge is 2.52. The fourth-order valence-electron chi connectivity index (χ4n) is 1.01. The first-order chi connectivity index (χ1) is 7.02. The molecule has 0 bridgehead atoms. The first-order valence-corrected chi connectivity index (χ1v) is 6.82. The van der Waals surface area contributed by atoms with Gasteiger partial charge in [-0.3, -0.25) is 4.79 Å². The molecule has 0 aliphatic heterocycles. The number of halogens is 2. The molecule has 0 aliphatic rings. The standard InChI is InChI=1S/C10H18F2O3S/c1-7(2)5-6-16(14,15)10(11,12)9(13)8(3)4/h7-8H,5-6H2,1-4H3. The summed E-state index contributed by atoms with van der Waals surface area (Å²) in [6.45, 7) is 5.98. The molecule has 0 N–H and O–H groups in total. The van der Waals surface area contributed by atoms with Gasteiger partial charge in [-0.05, 0) is 12.3 Å². The highest BCUT2D eigenvalue weighted by molar-refractivity contribution is 7.93. The molecule has 0 saturated carbocycles. The number of alkyl halides is 2. The molecular weight excluding hydrogens is 238 g/mol. The second kappa shape index (κ2) is 5.21. The summed E-state index contributed by atoms with van der Waals surface area (Å²) in [5.74, 6) is -3.18. The lowest BCUT2D eigenvalue weighted by atomic mass is 10.1. The zero-order chi connectivity index (χ0) is 13.1. The van der Waals surface area contributed by atoms with Gasteiger partial charge in [0.25, 0.3) is 0 Å². The van der Waals surface area contributed by atoms with E-state index in [0.29, 0.717) is 0 Å². The zero-order valence-corrected chi connectivity index (χ0v) is 10.8. The summed E-state index contributed by atoms with van der Waals surface area (Å²) in [6.07, 6.45) is 0.128.